The normalized spacial score (nSPS) is 15.5. The number of rotatable bonds is 12. The minimum absolute atomic E-state index is 0. The van der Waals surface area contributed by atoms with Gasteiger partial charge in [0.05, 0.1) is 30.4 Å². The number of alkyl carbamates (subject to hydrolysis) is 1. The zero-order chi connectivity index (χ0) is 56.3. The van der Waals surface area contributed by atoms with Crippen LogP contribution in [0, 0.1) is 11.6 Å². The second-order valence-electron chi connectivity index (χ2n) is 20.3. The van der Waals surface area contributed by atoms with Gasteiger partial charge in [0.2, 0.25) is 0 Å². The first-order valence-electron chi connectivity index (χ1n) is 25.8. The summed E-state index contributed by atoms with van der Waals surface area (Å²) < 4.78 is 43.9. The highest BCUT2D eigenvalue weighted by Gasteiger charge is 2.32. The number of carboxylic acid groups (broad SMARTS) is 1. The predicted octanol–water partition coefficient (Wildman–Crippen LogP) is 9.45. The molecule has 4 N–H and O–H groups in total. The number of nitrogens with zero attached hydrogens (tertiary/aromatic N) is 8. The number of hydrogen-bond acceptors (Lipinski definition) is 12. The van der Waals surface area contributed by atoms with Crippen LogP contribution in [-0.2, 0) is 22.3 Å². The van der Waals surface area contributed by atoms with E-state index in [1.807, 2.05) is 46.2 Å². The fourth-order valence-electron chi connectivity index (χ4n) is 10.0. The van der Waals surface area contributed by atoms with Gasteiger partial charge in [0, 0.05) is 72.3 Å². The van der Waals surface area contributed by atoms with Crippen LogP contribution in [0.3, 0.4) is 0 Å². The third kappa shape index (κ3) is 12.8. The second kappa shape index (κ2) is 24.7. The molecule has 0 radical (unpaired) electrons. The lowest BCUT2D eigenvalue weighted by molar-refractivity contribution is 0.0494. The maximum absolute atomic E-state index is 14.4. The molecule has 2 atom stereocenters. The van der Waals surface area contributed by atoms with Gasteiger partial charge < -0.3 is 35.4 Å². The van der Waals surface area contributed by atoms with Gasteiger partial charge in [-0.05, 0) is 113 Å². The molecule has 2 saturated heterocycles. The molecule has 8 aromatic rings. The molecule has 6 heterocycles. The highest BCUT2D eigenvalue weighted by Crippen LogP contribution is 2.33. The van der Waals surface area contributed by atoms with E-state index in [1.54, 1.807) is 45.9 Å². The van der Waals surface area contributed by atoms with E-state index in [0.29, 0.717) is 65.4 Å². The lowest BCUT2D eigenvalue weighted by Crippen LogP contribution is -2.49. The number of aromatic nitrogens is 6. The molecule has 0 spiro atoms. The number of nitrogens with one attached hydrogen (secondary N) is 1. The number of amides is 1. The van der Waals surface area contributed by atoms with Crippen LogP contribution in [0.15, 0.2) is 119 Å². The number of hydrogen-bond donors (Lipinski definition) is 3. The number of carboxylic acids is 1. The van der Waals surface area contributed by atoms with Crippen molar-refractivity contribution in [1.29, 1.82) is 0 Å². The number of nitrogens with two attached hydrogens (primary N) is 1. The van der Waals surface area contributed by atoms with E-state index in [-0.39, 0.29) is 71.3 Å². The number of anilines is 2. The van der Waals surface area contributed by atoms with Gasteiger partial charge in [-0.15, -0.1) is 22.6 Å². The van der Waals surface area contributed by atoms with Crippen molar-refractivity contribution in [3.63, 3.8) is 0 Å². The van der Waals surface area contributed by atoms with Crippen molar-refractivity contribution in [1.82, 2.24) is 33.7 Å². The molecule has 2 aliphatic heterocycles. The van der Waals surface area contributed by atoms with Gasteiger partial charge in [-0.3, -0.25) is 18.7 Å². The quantitative estimate of drug-likeness (QED) is 0.0974. The van der Waals surface area contributed by atoms with Crippen LogP contribution in [0.2, 0.25) is 10.0 Å². The number of fused-ring (bicyclic) bond motifs is 2. The van der Waals surface area contributed by atoms with E-state index in [4.69, 9.17) is 43.5 Å². The van der Waals surface area contributed by atoms with E-state index in [2.05, 4.69) is 10.4 Å². The zero-order valence-corrected chi connectivity index (χ0v) is 46.5. The fourth-order valence-corrected chi connectivity index (χ4v) is 10.4. The van der Waals surface area contributed by atoms with Crippen LogP contribution in [0.1, 0.15) is 96.6 Å². The number of piperidine rings is 2. The summed E-state index contributed by atoms with van der Waals surface area (Å²) in [7, 11) is 0. The summed E-state index contributed by atoms with van der Waals surface area (Å²) in [6.07, 6.45) is 6.02. The maximum Gasteiger partial charge on any atom is 0.407 e. The molecule has 1 amide bonds. The molecule has 18 nitrogen and oxygen atoms in total. The van der Waals surface area contributed by atoms with Crippen LogP contribution < -0.4 is 32.0 Å². The molecule has 0 bridgehead atoms. The summed E-state index contributed by atoms with van der Waals surface area (Å²) in [6.45, 7) is 9.45. The first-order valence-corrected chi connectivity index (χ1v) is 26.5. The molecule has 10 rings (SSSR count). The molecule has 23 heteroatoms. The third-order valence-corrected chi connectivity index (χ3v) is 14.2. The van der Waals surface area contributed by atoms with Gasteiger partial charge in [0.25, 0.3) is 11.1 Å². The van der Waals surface area contributed by atoms with Gasteiger partial charge >= 0.3 is 18.0 Å². The Labute approximate surface area is 474 Å². The predicted molar refractivity (Wildman–Crippen MR) is 304 cm³/mol. The first kappa shape index (κ1) is 58.4. The van der Waals surface area contributed by atoms with Crippen LogP contribution in [-0.4, -0.2) is 102 Å². The van der Waals surface area contributed by atoms with Crippen LogP contribution >= 0.6 is 35.6 Å². The van der Waals surface area contributed by atoms with E-state index in [1.165, 1.54) is 57.8 Å². The van der Waals surface area contributed by atoms with Crippen molar-refractivity contribution in [3.05, 3.63) is 185 Å². The van der Waals surface area contributed by atoms with Crippen molar-refractivity contribution in [3.8, 4) is 11.4 Å². The number of carbonyl (C=O) groups is 3. The molecular weight excluding hydrogens is 1100 g/mol. The van der Waals surface area contributed by atoms with Crippen molar-refractivity contribution in [2.75, 3.05) is 42.6 Å². The summed E-state index contributed by atoms with van der Waals surface area (Å²) in [5.74, 6) is -2.15. The Balaban J connectivity index is 0.000000213. The molecule has 4 aromatic heterocycles. The van der Waals surface area contributed by atoms with Crippen LogP contribution in [0.25, 0.3) is 22.4 Å². The molecule has 420 valence electrons. The summed E-state index contributed by atoms with van der Waals surface area (Å²) >= 11 is 13.0. The lowest BCUT2D eigenvalue weighted by atomic mass is 10.0. The van der Waals surface area contributed by atoms with Gasteiger partial charge in [-0.1, -0.05) is 71.7 Å². The SMILES string of the molecule is CCOC(=O)c1cn2nc(N3CCC[C@@H](NC(=O)OC(C)(C)C)C3)c(Cc3ccccc3Cl)c2c(=O)n1-c1cccc(F)c1.Cl.N[C@@H]1CCCN(c2nn3cc(C(=O)O)n(-c4cccc(F)c4)c(=O)c3c2Cc2ccccc2Cl)C1. The van der Waals surface area contributed by atoms with Crippen LogP contribution in [0.5, 0.6) is 0 Å². The molecule has 2 aliphatic rings. The Kier molecular flexibility index (Phi) is 18.0. The first-order chi connectivity index (χ1) is 37.8. The smallest absolute Gasteiger partial charge is 0.407 e. The highest BCUT2D eigenvalue weighted by molar-refractivity contribution is 6.31. The van der Waals surface area contributed by atoms with E-state index < -0.39 is 46.4 Å². The number of ether oxygens (including phenoxy) is 2. The molecule has 80 heavy (non-hydrogen) atoms. The van der Waals surface area contributed by atoms with E-state index in [0.717, 1.165) is 52.0 Å². The summed E-state index contributed by atoms with van der Waals surface area (Å²) in [5.41, 5.74) is 7.43. The largest absolute Gasteiger partial charge is 0.477 e. The minimum atomic E-state index is -1.34. The van der Waals surface area contributed by atoms with Crippen molar-refractivity contribution in [2.24, 2.45) is 5.73 Å². The standard InChI is InChI=1S/C32H35ClFN5O5.C25H23ClFN5O3.ClH/c1-5-43-30(41)26-19-38-27(29(40)39(26)23-13-8-11-21(34)17-23)24(16-20-10-6-7-14-25(20)33)28(36-38)37-15-9-12-22(18-37)35-31(42)44-32(2,3)4;26-20-9-2-1-5-15(20)11-19-22-24(33)32(18-8-3-6-16(27)12-18)21(25(34)35)14-31(22)29-23(19)30-10-4-7-17(28)13-30;/h6-8,10-11,13-14,17,19,22H,5,9,12,15-16,18H2,1-4H3,(H,35,42);1-3,5-6,8-9,12,14,17H,4,7,10-11,13,28H2,(H,34,35);1H/t22-;17-;/m11./s1. The summed E-state index contributed by atoms with van der Waals surface area (Å²) in [6, 6.07) is 25.1. The average molecular weight is 1160 g/mol. The third-order valence-electron chi connectivity index (χ3n) is 13.4. The Morgan fingerprint density at radius 2 is 1.21 bits per heavy atom. The molecule has 4 aromatic carbocycles. The van der Waals surface area contributed by atoms with Gasteiger partial charge in [0.15, 0.2) is 23.0 Å². The summed E-state index contributed by atoms with van der Waals surface area (Å²) in [5, 5.41) is 23.3. The van der Waals surface area contributed by atoms with Crippen molar-refractivity contribution in [2.45, 2.75) is 83.9 Å². The lowest BCUT2D eigenvalue weighted by Gasteiger charge is -2.34. The van der Waals surface area contributed by atoms with E-state index in [9.17, 15) is 37.9 Å². The van der Waals surface area contributed by atoms with Gasteiger partial charge in [-0.2, -0.15) is 0 Å². The maximum atomic E-state index is 14.4. The Morgan fingerprint density at radius 1 is 0.725 bits per heavy atom. The number of carbonyl (C=O) groups excluding carboxylic acids is 2. The Morgan fingerprint density at radius 3 is 1.69 bits per heavy atom. The topological polar surface area (TPSA) is 213 Å². The molecule has 0 aliphatic carbocycles. The molecule has 2 fully saturated rings. The van der Waals surface area contributed by atoms with Crippen molar-refractivity contribution < 1.29 is 37.7 Å². The van der Waals surface area contributed by atoms with Gasteiger partial charge in [0.1, 0.15) is 28.3 Å². The van der Waals surface area contributed by atoms with Crippen LogP contribution in [0.4, 0.5) is 25.2 Å². The fraction of sp³-hybridized carbons (Fsp3) is 0.316. The molecule has 0 saturated carbocycles. The van der Waals surface area contributed by atoms with Crippen molar-refractivity contribution >= 4 is 76.3 Å². The minimum Gasteiger partial charge on any atom is -0.477 e. The monoisotopic (exact) mass is 1150 g/mol. The number of halogens is 5. The highest BCUT2D eigenvalue weighted by atomic mass is 35.5. The molecular formula is C57H59Cl3F2N10O8. The number of benzene rings is 4. The van der Waals surface area contributed by atoms with E-state index >= 15 is 0 Å². The number of esters is 1. The Bertz CT molecular complexity index is 3750. The van der Waals surface area contributed by atoms with Gasteiger partial charge in [-0.25, -0.2) is 32.2 Å². The Hall–Kier alpha value is -7.78. The zero-order valence-electron chi connectivity index (χ0n) is 44.2. The molecule has 0 unspecified atom stereocenters. The summed E-state index contributed by atoms with van der Waals surface area (Å²) in [4.78, 5) is 70.0. The number of aromatic carboxylic acids is 1. The second-order valence-corrected chi connectivity index (χ2v) is 21.1. The average Bonchev–Trinajstić information content (AvgIpc) is 4.09.